The third-order valence-electron chi connectivity index (χ3n) is 8.56. The molecule has 1 saturated carbocycles. The van der Waals surface area contributed by atoms with E-state index in [2.05, 4.69) is 79.8 Å². The van der Waals surface area contributed by atoms with Crippen molar-refractivity contribution in [1.82, 2.24) is 20.1 Å². The van der Waals surface area contributed by atoms with Gasteiger partial charge in [0, 0.05) is 49.4 Å². The van der Waals surface area contributed by atoms with Gasteiger partial charge in [0.05, 0.1) is 16.6 Å². The number of likely N-dealkylation sites (N-methyl/N-ethyl adjacent to an activating group) is 1. The minimum atomic E-state index is -5.08. The number of aromatic amines is 1. The highest BCUT2D eigenvalue weighted by Crippen LogP contribution is 2.65. The Morgan fingerprint density at radius 2 is 1.56 bits per heavy atom. The summed E-state index contributed by atoms with van der Waals surface area (Å²) in [5.74, 6) is -4.17. The van der Waals surface area contributed by atoms with E-state index in [1.807, 2.05) is 30.5 Å². The maximum atomic E-state index is 12.9. The highest BCUT2D eigenvalue weighted by Gasteiger charge is 2.65. The van der Waals surface area contributed by atoms with Gasteiger partial charge in [-0.25, -0.2) is 14.6 Å². The highest BCUT2D eigenvalue weighted by atomic mass is 19.4. The number of piperazine rings is 1. The van der Waals surface area contributed by atoms with E-state index in [1.165, 1.54) is 5.56 Å². The summed E-state index contributed by atoms with van der Waals surface area (Å²) in [5.41, 5.74) is 5.77. The van der Waals surface area contributed by atoms with Crippen molar-refractivity contribution in [3.63, 3.8) is 0 Å². The van der Waals surface area contributed by atoms with Gasteiger partial charge in [0.25, 0.3) is 0 Å². The average Bonchev–Trinajstić information content (AvgIpc) is 3.60. The summed E-state index contributed by atoms with van der Waals surface area (Å²) in [5, 5.41) is 26.1. The van der Waals surface area contributed by atoms with E-state index in [1.54, 1.807) is 0 Å². The summed E-state index contributed by atoms with van der Waals surface area (Å²) in [4.78, 5) is 40.0. The molecule has 4 aromatic rings. The molecule has 2 fully saturated rings. The first kappa shape index (κ1) is 35.8. The Labute approximate surface area is 280 Å². The first-order valence-electron chi connectivity index (χ1n) is 15.1. The lowest BCUT2D eigenvalue weighted by atomic mass is 9.92. The molecule has 1 amide bonds. The zero-order valence-corrected chi connectivity index (χ0v) is 26.2. The SMILES string of the molecule is CN1CCN(c2ccc(/C=C/c3n[nH]c4cc([C@@H]5C[C@@]56C(=O)Nc5ccccc56)ccc34)cn2)CC1.O=C(O)C(F)(F)F.O=C(O)C(F)(F)F. The first-order valence-corrected chi connectivity index (χ1v) is 15.1. The number of amides is 1. The van der Waals surface area contributed by atoms with Gasteiger partial charge in [-0.3, -0.25) is 9.89 Å². The topological polar surface area (TPSA) is 152 Å². The van der Waals surface area contributed by atoms with Gasteiger partial charge in [-0.05, 0) is 60.5 Å². The number of halogens is 6. The molecule has 50 heavy (non-hydrogen) atoms. The fourth-order valence-electron chi connectivity index (χ4n) is 5.85. The molecule has 2 atom stereocenters. The number of rotatable bonds is 4. The van der Waals surface area contributed by atoms with Gasteiger partial charge in [0.15, 0.2) is 0 Å². The van der Waals surface area contributed by atoms with Crippen LogP contribution in [-0.4, -0.2) is 93.7 Å². The van der Waals surface area contributed by atoms with Crippen molar-refractivity contribution < 1.29 is 50.9 Å². The molecule has 264 valence electrons. The second-order valence-corrected chi connectivity index (χ2v) is 11.8. The molecule has 17 heteroatoms. The van der Waals surface area contributed by atoms with Gasteiger partial charge in [-0.1, -0.05) is 36.4 Å². The maximum absolute atomic E-state index is 12.9. The van der Waals surface area contributed by atoms with Crippen LogP contribution in [0.1, 0.15) is 34.7 Å². The quantitative estimate of drug-likeness (QED) is 0.201. The second kappa shape index (κ2) is 13.8. The lowest BCUT2D eigenvalue weighted by Gasteiger charge is -2.33. The van der Waals surface area contributed by atoms with E-state index in [9.17, 15) is 31.1 Å². The number of nitrogens with one attached hydrogen (secondary N) is 2. The van der Waals surface area contributed by atoms with E-state index in [0.29, 0.717) is 0 Å². The van der Waals surface area contributed by atoms with Crippen molar-refractivity contribution in [2.24, 2.45) is 0 Å². The number of alkyl halides is 6. The molecule has 1 spiro atoms. The van der Waals surface area contributed by atoms with E-state index < -0.39 is 29.7 Å². The lowest BCUT2D eigenvalue weighted by Crippen LogP contribution is -2.44. The number of aliphatic carboxylic acids is 2. The zero-order chi connectivity index (χ0) is 36.4. The average molecular weight is 705 g/mol. The summed E-state index contributed by atoms with van der Waals surface area (Å²) in [6.45, 7) is 4.16. The number of hydrogen-bond donors (Lipinski definition) is 4. The summed E-state index contributed by atoms with van der Waals surface area (Å²) >= 11 is 0. The van der Waals surface area contributed by atoms with Crippen molar-refractivity contribution in [3.8, 4) is 0 Å². The molecule has 0 radical (unpaired) electrons. The number of aromatic nitrogens is 3. The fraction of sp³-hybridized carbons (Fsp3) is 0.303. The minimum absolute atomic E-state index is 0.120. The number of anilines is 2. The van der Waals surface area contributed by atoms with E-state index in [4.69, 9.17) is 19.8 Å². The third kappa shape index (κ3) is 7.72. The molecule has 2 aromatic heterocycles. The Morgan fingerprint density at radius 3 is 2.16 bits per heavy atom. The molecule has 7 rings (SSSR count). The predicted octanol–water partition coefficient (Wildman–Crippen LogP) is 5.52. The Bertz CT molecular complexity index is 1890. The van der Waals surface area contributed by atoms with Crippen LogP contribution in [0.15, 0.2) is 60.8 Å². The Kier molecular flexibility index (Phi) is 9.90. The van der Waals surface area contributed by atoms with Crippen LogP contribution in [0.5, 0.6) is 0 Å². The summed E-state index contributed by atoms with van der Waals surface area (Å²) in [7, 11) is 2.16. The molecule has 1 aliphatic carbocycles. The van der Waals surface area contributed by atoms with E-state index in [0.717, 1.165) is 71.8 Å². The monoisotopic (exact) mass is 704 g/mol. The number of para-hydroxylation sites is 1. The maximum Gasteiger partial charge on any atom is 0.490 e. The molecular formula is C33H30F6N6O5. The number of benzene rings is 2. The second-order valence-electron chi connectivity index (χ2n) is 11.8. The van der Waals surface area contributed by atoms with Gasteiger partial charge >= 0.3 is 24.3 Å². The van der Waals surface area contributed by atoms with Crippen LogP contribution in [0.3, 0.4) is 0 Å². The Balaban J connectivity index is 0.000000295. The molecule has 3 aliphatic rings. The summed E-state index contributed by atoms with van der Waals surface area (Å²) in [6, 6.07) is 18.7. The van der Waals surface area contributed by atoms with Crippen LogP contribution in [0.4, 0.5) is 37.8 Å². The number of carboxylic acid groups (broad SMARTS) is 2. The van der Waals surface area contributed by atoms with Gasteiger partial charge in [-0.15, -0.1) is 0 Å². The standard InChI is InChI=1S/C29H28N6O.2C2HF3O2/c1-34-12-14-35(15-13-34)27-11-7-19(18-30-27)6-10-24-21-9-8-20(16-26(21)33-32-24)23-17-29(23)22-4-2-3-5-25(22)31-28(29)36;2*3-2(4,5)1(6)7/h2-11,16,18,23H,12-15,17H2,1H3,(H,31,36)(H,32,33);2*(H,6,7)/b10-6+;;/t23-,29-;;/m0../s1. The zero-order valence-electron chi connectivity index (χ0n) is 26.2. The number of carbonyl (C=O) groups is 3. The molecular weight excluding hydrogens is 674 g/mol. The molecule has 11 nitrogen and oxygen atoms in total. The molecule has 2 aliphatic heterocycles. The normalized spacial score (nSPS) is 20.1. The Hall–Kier alpha value is -5.45. The molecule has 2 aromatic carbocycles. The van der Waals surface area contributed by atoms with E-state index >= 15 is 0 Å². The predicted molar refractivity (Wildman–Crippen MR) is 170 cm³/mol. The molecule has 4 heterocycles. The highest BCUT2D eigenvalue weighted by molar-refractivity contribution is 6.10. The Morgan fingerprint density at radius 1 is 0.920 bits per heavy atom. The fourth-order valence-corrected chi connectivity index (χ4v) is 5.85. The number of fused-ring (bicyclic) bond motifs is 3. The molecule has 0 unspecified atom stereocenters. The lowest BCUT2D eigenvalue weighted by molar-refractivity contribution is -0.193. The van der Waals surface area contributed by atoms with Crippen LogP contribution in [-0.2, 0) is 19.8 Å². The first-order chi connectivity index (χ1) is 23.5. The molecule has 0 bridgehead atoms. The number of hydrogen-bond acceptors (Lipinski definition) is 7. The van der Waals surface area contributed by atoms with Crippen molar-refractivity contribution in [1.29, 1.82) is 0 Å². The number of pyridine rings is 1. The number of H-pyrrole nitrogens is 1. The van der Waals surface area contributed by atoms with Gasteiger partial charge in [-0.2, -0.15) is 31.4 Å². The van der Waals surface area contributed by atoms with Crippen LogP contribution in [0.2, 0.25) is 0 Å². The largest absolute Gasteiger partial charge is 0.490 e. The van der Waals surface area contributed by atoms with Crippen LogP contribution < -0.4 is 10.2 Å². The number of carbonyl (C=O) groups excluding carboxylic acids is 1. The summed E-state index contributed by atoms with van der Waals surface area (Å²) in [6.07, 6.45) is -3.31. The van der Waals surface area contributed by atoms with Crippen molar-refractivity contribution in [2.75, 3.05) is 43.4 Å². The van der Waals surface area contributed by atoms with Gasteiger partial charge in [0.2, 0.25) is 5.91 Å². The van der Waals surface area contributed by atoms with Crippen molar-refractivity contribution in [3.05, 3.63) is 83.2 Å². The number of nitrogens with zero attached hydrogens (tertiary/aromatic N) is 4. The van der Waals surface area contributed by atoms with Crippen molar-refractivity contribution in [2.45, 2.75) is 30.1 Å². The summed E-state index contributed by atoms with van der Waals surface area (Å²) < 4.78 is 63.5. The van der Waals surface area contributed by atoms with Crippen LogP contribution >= 0.6 is 0 Å². The van der Waals surface area contributed by atoms with Gasteiger partial charge in [0.1, 0.15) is 5.82 Å². The molecule has 1 saturated heterocycles. The molecule has 4 N–H and O–H groups in total. The number of carboxylic acids is 2. The van der Waals surface area contributed by atoms with Crippen LogP contribution in [0, 0.1) is 0 Å². The van der Waals surface area contributed by atoms with E-state index in [-0.39, 0.29) is 11.8 Å². The smallest absolute Gasteiger partial charge is 0.475 e. The van der Waals surface area contributed by atoms with Gasteiger partial charge < -0.3 is 25.3 Å². The third-order valence-corrected chi connectivity index (χ3v) is 8.56. The minimum Gasteiger partial charge on any atom is -0.475 e. The van der Waals surface area contributed by atoms with Crippen LogP contribution in [0.25, 0.3) is 23.1 Å². The van der Waals surface area contributed by atoms with Crippen molar-refractivity contribution >= 4 is 52.4 Å².